The molecule has 4 rings (SSSR count). The molecular formula is C27H33N3O5. The van der Waals surface area contributed by atoms with Gasteiger partial charge in [-0.25, -0.2) is 4.79 Å². The Hall–Kier alpha value is -3.39. The van der Waals surface area contributed by atoms with E-state index in [1.165, 1.54) is 0 Å². The van der Waals surface area contributed by atoms with Crippen LogP contribution in [0.4, 0.5) is 4.79 Å². The fourth-order valence-corrected chi connectivity index (χ4v) is 5.19. The number of rotatable bonds is 8. The molecule has 8 nitrogen and oxygen atoms in total. The van der Waals surface area contributed by atoms with Gasteiger partial charge in [-0.1, -0.05) is 55.0 Å². The number of ether oxygens (including phenoxy) is 1. The van der Waals surface area contributed by atoms with Gasteiger partial charge in [-0.15, -0.1) is 0 Å². The molecule has 0 bridgehead atoms. The Balaban J connectivity index is 1.38. The Morgan fingerprint density at radius 2 is 1.66 bits per heavy atom. The molecule has 0 saturated heterocycles. The lowest BCUT2D eigenvalue weighted by Crippen LogP contribution is -2.54. The topological polar surface area (TPSA) is 108 Å². The van der Waals surface area contributed by atoms with E-state index in [1.807, 2.05) is 43.3 Å². The third-order valence-electron chi connectivity index (χ3n) is 6.87. The van der Waals surface area contributed by atoms with Crippen molar-refractivity contribution < 1.29 is 24.2 Å². The summed E-state index contributed by atoms with van der Waals surface area (Å²) in [4.78, 5) is 38.9. The van der Waals surface area contributed by atoms with Crippen LogP contribution in [0.5, 0.6) is 0 Å². The van der Waals surface area contributed by atoms with E-state index in [0.717, 1.165) is 35.1 Å². The summed E-state index contributed by atoms with van der Waals surface area (Å²) in [6.07, 6.45) is 1.86. The zero-order valence-electron chi connectivity index (χ0n) is 20.2. The molecule has 3 unspecified atom stereocenters. The summed E-state index contributed by atoms with van der Waals surface area (Å²) in [7, 11) is 3.64. The Morgan fingerprint density at radius 3 is 2.26 bits per heavy atom. The molecule has 2 aromatic rings. The monoisotopic (exact) mass is 479 g/mol. The molecular weight excluding hydrogens is 446 g/mol. The number of nitrogens with one attached hydrogen (secondary N) is 2. The molecule has 35 heavy (non-hydrogen) atoms. The van der Waals surface area contributed by atoms with Crippen molar-refractivity contribution in [3.63, 3.8) is 0 Å². The van der Waals surface area contributed by atoms with E-state index in [2.05, 4.69) is 34.9 Å². The summed E-state index contributed by atoms with van der Waals surface area (Å²) in [6.45, 7) is 0.462. The number of hydrogen-bond donors (Lipinski definition) is 3. The second-order valence-corrected chi connectivity index (χ2v) is 9.69. The number of carbonyl (C=O) groups is 3. The summed E-state index contributed by atoms with van der Waals surface area (Å²) in [5, 5.41) is 15.0. The number of hydrogen-bond acceptors (Lipinski definition) is 5. The highest BCUT2D eigenvalue weighted by Gasteiger charge is 2.32. The van der Waals surface area contributed by atoms with E-state index >= 15 is 0 Å². The molecule has 1 fully saturated rings. The standard InChI is InChI=1S/C27H33N3O5/c1-30(2)15-24(25(31)28-18-9-7-8-17(14-18)26(32)33)29-27(34)35-16-23-21-12-5-3-10-19(21)20-11-4-6-13-22(20)23/h3-6,10-13,17-18,23-24H,7-9,14-16H2,1-2H3,(H,28,31)(H,29,34)(H,32,33). The molecule has 0 spiro atoms. The van der Waals surface area contributed by atoms with Crippen molar-refractivity contribution >= 4 is 18.0 Å². The van der Waals surface area contributed by atoms with Crippen molar-refractivity contribution in [2.24, 2.45) is 5.92 Å². The van der Waals surface area contributed by atoms with Crippen molar-refractivity contribution in [2.45, 2.75) is 43.7 Å². The van der Waals surface area contributed by atoms with Crippen LogP contribution in [0.3, 0.4) is 0 Å². The third kappa shape index (κ3) is 5.82. The van der Waals surface area contributed by atoms with E-state index < -0.39 is 24.0 Å². The lowest BCUT2D eigenvalue weighted by Gasteiger charge is -2.29. The molecule has 2 aliphatic rings. The average molecular weight is 480 g/mol. The lowest BCUT2D eigenvalue weighted by molar-refractivity contribution is -0.143. The van der Waals surface area contributed by atoms with Gasteiger partial charge in [0, 0.05) is 18.5 Å². The third-order valence-corrected chi connectivity index (χ3v) is 6.87. The molecule has 3 N–H and O–H groups in total. The Morgan fingerprint density at radius 1 is 1.03 bits per heavy atom. The van der Waals surface area contributed by atoms with Crippen LogP contribution < -0.4 is 10.6 Å². The Kier molecular flexibility index (Phi) is 7.70. The van der Waals surface area contributed by atoms with Crippen molar-refractivity contribution in [3.05, 3.63) is 59.7 Å². The van der Waals surface area contributed by atoms with Crippen LogP contribution in [0.25, 0.3) is 11.1 Å². The smallest absolute Gasteiger partial charge is 0.407 e. The van der Waals surface area contributed by atoms with E-state index in [4.69, 9.17) is 4.74 Å². The molecule has 1 saturated carbocycles. The highest BCUT2D eigenvalue weighted by molar-refractivity contribution is 5.86. The fourth-order valence-electron chi connectivity index (χ4n) is 5.19. The van der Waals surface area contributed by atoms with Crippen molar-refractivity contribution in [2.75, 3.05) is 27.2 Å². The average Bonchev–Trinajstić information content (AvgIpc) is 3.16. The SMILES string of the molecule is CN(C)CC(NC(=O)OCC1c2ccccc2-c2ccccc21)C(=O)NC1CCCC(C(=O)O)C1. The number of nitrogens with zero attached hydrogens (tertiary/aromatic N) is 1. The highest BCUT2D eigenvalue weighted by atomic mass is 16.5. The van der Waals surface area contributed by atoms with E-state index in [0.29, 0.717) is 19.4 Å². The highest BCUT2D eigenvalue weighted by Crippen LogP contribution is 2.44. The van der Waals surface area contributed by atoms with Gasteiger partial charge >= 0.3 is 12.1 Å². The number of benzene rings is 2. The fraction of sp³-hybridized carbons (Fsp3) is 0.444. The maximum Gasteiger partial charge on any atom is 0.407 e. The molecule has 0 radical (unpaired) electrons. The van der Waals surface area contributed by atoms with Gasteiger partial charge in [0.1, 0.15) is 12.6 Å². The molecule has 2 aromatic carbocycles. The molecule has 0 heterocycles. The van der Waals surface area contributed by atoms with Crippen molar-refractivity contribution in [3.8, 4) is 11.1 Å². The Labute approximate surface area is 205 Å². The van der Waals surface area contributed by atoms with Gasteiger partial charge in [0.25, 0.3) is 0 Å². The zero-order valence-corrected chi connectivity index (χ0v) is 20.2. The number of carboxylic acid groups (broad SMARTS) is 1. The van der Waals surface area contributed by atoms with Crippen LogP contribution in [0.15, 0.2) is 48.5 Å². The van der Waals surface area contributed by atoms with Gasteiger partial charge in [-0.2, -0.15) is 0 Å². The number of alkyl carbamates (subject to hydrolysis) is 1. The van der Waals surface area contributed by atoms with Crippen LogP contribution in [0, 0.1) is 5.92 Å². The number of fused-ring (bicyclic) bond motifs is 3. The minimum Gasteiger partial charge on any atom is -0.481 e. The summed E-state index contributed by atoms with van der Waals surface area (Å²) in [5.74, 6) is -1.67. The van der Waals surface area contributed by atoms with E-state index in [1.54, 1.807) is 0 Å². The van der Waals surface area contributed by atoms with Crippen LogP contribution in [0.1, 0.15) is 42.7 Å². The molecule has 3 atom stereocenters. The maximum atomic E-state index is 13.0. The predicted octanol–water partition coefficient (Wildman–Crippen LogP) is 3.21. The molecule has 8 heteroatoms. The predicted molar refractivity (Wildman–Crippen MR) is 132 cm³/mol. The number of carboxylic acids is 1. The first-order valence-corrected chi connectivity index (χ1v) is 12.1. The van der Waals surface area contributed by atoms with Gasteiger partial charge in [0.15, 0.2) is 0 Å². The van der Waals surface area contributed by atoms with Gasteiger partial charge in [0.2, 0.25) is 5.91 Å². The summed E-state index contributed by atoms with van der Waals surface area (Å²) >= 11 is 0. The largest absolute Gasteiger partial charge is 0.481 e. The van der Waals surface area contributed by atoms with Gasteiger partial charge in [0.05, 0.1) is 5.92 Å². The minimum absolute atomic E-state index is 0.0653. The molecule has 0 aromatic heterocycles. The number of carbonyl (C=O) groups excluding carboxylic acids is 2. The lowest BCUT2D eigenvalue weighted by atomic mass is 9.85. The first kappa shape index (κ1) is 24.7. The molecule has 186 valence electrons. The van der Waals surface area contributed by atoms with Crippen LogP contribution in [0.2, 0.25) is 0 Å². The van der Waals surface area contributed by atoms with Gasteiger partial charge < -0.3 is 25.4 Å². The summed E-state index contributed by atoms with van der Waals surface area (Å²) in [5.41, 5.74) is 4.53. The van der Waals surface area contributed by atoms with Gasteiger partial charge in [-0.05, 0) is 55.6 Å². The zero-order chi connectivity index (χ0) is 24.9. The van der Waals surface area contributed by atoms with Crippen LogP contribution >= 0.6 is 0 Å². The molecule has 2 amide bonds. The second-order valence-electron chi connectivity index (χ2n) is 9.69. The second kappa shape index (κ2) is 10.9. The Bertz CT molecular complexity index is 1040. The first-order chi connectivity index (χ1) is 16.8. The van der Waals surface area contributed by atoms with Gasteiger partial charge in [-0.3, -0.25) is 9.59 Å². The van der Waals surface area contributed by atoms with Crippen molar-refractivity contribution in [1.29, 1.82) is 0 Å². The maximum absolute atomic E-state index is 13.0. The quantitative estimate of drug-likeness (QED) is 0.537. The molecule has 0 aliphatic heterocycles. The number of aliphatic carboxylic acids is 1. The molecule has 2 aliphatic carbocycles. The minimum atomic E-state index is -0.828. The summed E-state index contributed by atoms with van der Waals surface area (Å²) < 4.78 is 5.61. The number of likely N-dealkylation sites (N-methyl/N-ethyl adjacent to an activating group) is 1. The van der Waals surface area contributed by atoms with E-state index in [-0.39, 0.29) is 24.5 Å². The van der Waals surface area contributed by atoms with Crippen LogP contribution in [-0.2, 0) is 14.3 Å². The van der Waals surface area contributed by atoms with Crippen molar-refractivity contribution in [1.82, 2.24) is 15.5 Å². The van der Waals surface area contributed by atoms with E-state index in [9.17, 15) is 19.5 Å². The first-order valence-electron chi connectivity index (χ1n) is 12.1. The normalized spacial score (nSPS) is 20.0. The number of amides is 2. The summed E-state index contributed by atoms with van der Waals surface area (Å²) in [6, 6.07) is 15.2. The van der Waals surface area contributed by atoms with Crippen LogP contribution in [-0.4, -0.2) is 67.3 Å².